The van der Waals surface area contributed by atoms with E-state index in [2.05, 4.69) is 9.97 Å². The van der Waals surface area contributed by atoms with Gasteiger partial charge >= 0.3 is 0 Å². The Morgan fingerprint density at radius 2 is 1.90 bits per heavy atom. The highest BCUT2D eigenvalue weighted by Gasteiger charge is 2.06. The van der Waals surface area contributed by atoms with Crippen LogP contribution in [0.1, 0.15) is 0 Å². The Bertz CT molecular complexity index is 242. The van der Waals surface area contributed by atoms with E-state index in [1.165, 1.54) is 0 Å². The molecule has 0 saturated carbocycles. The molecule has 1 aromatic heterocycles. The summed E-state index contributed by atoms with van der Waals surface area (Å²) in [5, 5.41) is 8.67. The fourth-order valence-electron chi connectivity index (χ4n) is 0.417. The Balaban J connectivity index is 3.31. The van der Waals surface area contributed by atoms with Gasteiger partial charge in [0.05, 0.1) is 0 Å². The number of anilines is 1. The first-order chi connectivity index (χ1) is 4.61. The summed E-state index contributed by atoms with van der Waals surface area (Å²) in [6.07, 6.45) is 0. The third-order valence-corrected chi connectivity index (χ3v) is 1.27. The minimum absolute atomic E-state index is 0.0831. The highest BCUT2D eigenvalue weighted by molar-refractivity contribution is 6.33. The lowest BCUT2D eigenvalue weighted by molar-refractivity contribution is 0.473. The number of nitrogen functional groups attached to an aromatic ring is 1. The highest BCUT2D eigenvalue weighted by Crippen LogP contribution is 2.26. The van der Waals surface area contributed by atoms with Crippen molar-refractivity contribution in [2.45, 2.75) is 0 Å². The normalized spacial score (nSPS) is 9.80. The van der Waals surface area contributed by atoms with Gasteiger partial charge in [-0.2, -0.15) is 4.98 Å². The van der Waals surface area contributed by atoms with Gasteiger partial charge in [0.25, 0.3) is 0 Å². The van der Waals surface area contributed by atoms with E-state index in [1.807, 2.05) is 0 Å². The number of aromatic nitrogens is 2. The number of hydrogen-bond donors (Lipinski definition) is 2. The van der Waals surface area contributed by atoms with Crippen molar-refractivity contribution < 1.29 is 5.11 Å². The van der Waals surface area contributed by atoms with Crippen LogP contribution in [-0.2, 0) is 0 Å². The molecule has 0 aromatic carbocycles. The highest BCUT2D eigenvalue weighted by atomic mass is 35.5. The number of rotatable bonds is 0. The quantitative estimate of drug-likeness (QED) is 0.462. The number of aromatic hydroxyl groups is 1. The smallest absolute Gasteiger partial charge is 0.226 e. The molecule has 0 aliphatic heterocycles. The molecular weight excluding hydrogens is 177 g/mol. The largest absolute Gasteiger partial charge is 0.502 e. The second-order valence-electron chi connectivity index (χ2n) is 1.52. The molecule has 54 valence electrons. The molecule has 6 heteroatoms. The average molecular weight is 180 g/mol. The molecule has 0 aliphatic rings. The van der Waals surface area contributed by atoms with E-state index < -0.39 is 0 Å². The summed E-state index contributed by atoms with van der Waals surface area (Å²) in [7, 11) is 0. The summed E-state index contributed by atoms with van der Waals surface area (Å²) in [6, 6.07) is 0. The summed E-state index contributed by atoms with van der Waals surface area (Å²) < 4.78 is 0. The lowest BCUT2D eigenvalue weighted by Gasteiger charge is -1.97. The molecule has 3 N–H and O–H groups in total. The van der Waals surface area contributed by atoms with Gasteiger partial charge in [-0.1, -0.05) is 11.6 Å². The third-order valence-electron chi connectivity index (χ3n) is 0.841. The summed E-state index contributed by atoms with van der Waals surface area (Å²) in [5.74, 6) is -0.462. The van der Waals surface area contributed by atoms with E-state index >= 15 is 0 Å². The van der Waals surface area contributed by atoms with Crippen LogP contribution in [0.4, 0.5) is 5.82 Å². The lowest BCUT2D eigenvalue weighted by Crippen LogP contribution is -1.93. The Morgan fingerprint density at radius 1 is 1.30 bits per heavy atom. The Morgan fingerprint density at radius 3 is 2.40 bits per heavy atom. The van der Waals surface area contributed by atoms with Crippen molar-refractivity contribution in [2.75, 3.05) is 5.73 Å². The van der Waals surface area contributed by atoms with E-state index in [4.69, 9.17) is 34.0 Å². The molecule has 1 aromatic rings. The van der Waals surface area contributed by atoms with E-state index in [-0.39, 0.29) is 22.0 Å². The molecule has 1 rings (SSSR count). The molecule has 0 fully saturated rings. The monoisotopic (exact) mass is 179 g/mol. The zero-order chi connectivity index (χ0) is 7.72. The first-order valence-corrected chi connectivity index (χ1v) is 3.04. The first-order valence-electron chi connectivity index (χ1n) is 2.28. The number of nitrogens with two attached hydrogens (primary N) is 1. The van der Waals surface area contributed by atoms with Crippen LogP contribution in [0.5, 0.6) is 5.75 Å². The summed E-state index contributed by atoms with van der Waals surface area (Å²) >= 11 is 10.7. The minimum Gasteiger partial charge on any atom is -0.502 e. The molecule has 0 atom stereocenters. The minimum atomic E-state index is -0.342. The maximum atomic E-state index is 8.89. The van der Waals surface area contributed by atoms with Gasteiger partial charge < -0.3 is 10.8 Å². The zero-order valence-electron chi connectivity index (χ0n) is 4.67. The molecular formula is C4H3Cl2N3O. The summed E-state index contributed by atoms with van der Waals surface area (Å²) in [4.78, 5) is 6.86. The van der Waals surface area contributed by atoms with Crippen LogP contribution in [0.15, 0.2) is 0 Å². The predicted molar refractivity (Wildman–Crippen MR) is 38.1 cm³/mol. The number of hydrogen-bond acceptors (Lipinski definition) is 4. The standard InChI is InChI=1S/C4H3Cl2N3O/c5-2-1(10)3(7)9-4(6)8-2/h10H,(H2,7,8,9). The second-order valence-corrected chi connectivity index (χ2v) is 2.21. The van der Waals surface area contributed by atoms with Crippen LogP contribution >= 0.6 is 23.2 Å². The topological polar surface area (TPSA) is 72.0 Å². The Labute approximate surface area is 66.6 Å². The molecule has 1 heterocycles. The molecule has 0 unspecified atom stereocenters. The molecule has 0 aliphatic carbocycles. The maximum absolute atomic E-state index is 8.89. The summed E-state index contributed by atoms with van der Waals surface area (Å²) in [5.41, 5.74) is 5.15. The molecule has 0 radical (unpaired) electrons. The van der Waals surface area contributed by atoms with Gasteiger partial charge in [0.1, 0.15) is 0 Å². The van der Waals surface area contributed by atoms with Crippen LogP contribution in [0, 0.1) is 0 Å². The number of nitrogens with zero attached hydrogens (tertiary/aromatic N) is 2. The number of halogens is 2. The molecule has 0 amide bonds. The molecule has 0 bridgehead atoms. The van der Waals surface area contributed by atoms with Crippen LogP contribution in [0.3, 0.4) is 0 Å². The van der Waals surface area contributed by atoms with E-state index in [0.717, 1.165) is 0 Å². The van der Waals surface area contributed by atoms with Crippen molar-refractivity contribution in [2.24, 2.45) is 0 Å². The van der Waals surface area contributed by atoms with Crippen LogP contribution in [0.25, 0.3) is 0 Å². The third kappa shape index (κ3) is 1.22. The van der Waals surface area contributed by atoms with Gasteiger partial charge in [0, 0.05) is 0 Å². The van der Waals surface area contributed by atoms with Crippen LogP contribution < -0.4 is 5.73 Å². The fraction of sp³-hybridized carbons (Fsp3) is 0. The summed E-state index contributed by atoms with van der Waals surface area (Å²) in [6.45, 7) is 0. The first kappa shape index (κ1) is 7.37. The zero-order valence-corrected chi connectivity index (χ0v) is 6.19. The van der Waals surface area contributed by atoms with E-state index in [9.17, 15) is 0 Å². The predicted octanol–water partition coefficient (Wildman–Crippen LogP) is 1.07. The maximum Gasteiger partial charge on any atom is 0.226 e. The van der Waals surface area contributed by atoms with Crippen molar-refractivity contribution >= 4 is 29.0 Å². The SMILES string of the molecule is Nc1nc(Cl)nc(Cl)c1O. The van der Waals surface area contributed by atoms with Crippen molar-refractivity contribution in [1.29, 1.82) is 0 Å². The molecule has 0 spiro atoms. The average Bonchev–Trinajstić information content (AvgIpc) is 1.82. The van der Waals surface area contributed by atoms with Gasteiger partial charge in [-0.3, -0.25) is 0 Å². The van der Waals surface area contributed by atoms with Crippen LogP contribution in [-0.4, -0.2) is 15.1 Å². The Kier molecular flexibility index (Phi) is 1.82. The molecule has 4 nitrogen and oxygen atoms in total. The van der Waals surface area contributed by atoms with E-state index in [0.29, 0.717) is 0 Å². The second kappa shape index (κ2) is 2.48. The van der Waals surface area contributed by atoms with Crippen molar-refractivity contribution in [3.8, 4) is 5.75 Å². The van der Waals surface area contributed by atoms with Gasteiger partial charge in [0.15, 0.2) is 16.7 Å². The van der Waals surface area contributed by atoms with Gasteiger partial charge in [-0.15, -0.1) is 0 Å². The van der Waals surface area contributed by atoms with E-state index in [1.54, 1.807) is 0 Å². The Hall–Kier alpha value is -0.740. The fourth-order valence-corrected chi connectivity index (χ4v) is 0.813. The van der Waals surface area contributed by atoms with Crippen LogP contribution in [0.2, 0.25) is 10.4 Å². The van der Waals surface area contributed by atoms with Gasteiger partial charge in [-0.05, 0) is 11.6 Å². The molecule has 10 heavy (non-hydrogen) atoms. The van der Waals surface area contributed by atoms with Crippen molar-refractivity contribution in [1.82, 2.24) is 9.97 Å². The van der Waals surface area contributed by atoms with Crippen molar-refractivity contribution in [3.05, 3.63) is 10.4 Å². The van der Waals surface area contributed by atoms with Crippen molar-refractivity contribution in [3.63, 3.8) is 0 Å². The van der Waals surface area contributed by atoms with Gasteiger partial charge in [0.2, 0.25) is 5.28 Å². The van der Waals surface area contributed by atoms with Gasteiger partial charge in [-0.25, -0.2) is 4.98 Å². The lowest BCUT2D eigenvalue weighted by atomic mass is 10.5. The molecule has 0 saturated heterocycles.